The molecule has 2 aromatic rings. The summed E-state index contributed by atoms with van der Waals surface area (Å²) in [6.45, 7) is 1.97. The molecule has 0 spiro atoms. The summed E-state index contributed by atoms with van der Waals surface area (Å²) < 4.78 is 24.8. The van der Waals surface area contributed by atoms with E-state index in [4.69, 9.17) is 0 Å². The summed E-state index contributed by atoms with van der Waals surface area (Å²) in [4.78, 5) is 11.9. The van der Waals surface area contributed by atoms with Gasteiger partial charge in [0.1, 0.15) is 0 Å². The van der Waals surface area contributed by atoms with E-state index in [0.29, 0.717) is 5.69 Å². The lowest BCUT2D eigenvalue weighted by Crippen LogP contribution is -2.16. The minimum atomic E-state index is -3.44. The van der Waals surface area contributed by atoms with Crippen LogP contribution in [0.25, 0.3) is 6.08 Å². The van der Waals surface area contributed by atoms with Crippen LogP contribution in [0.4, 0.5) is 5.69 Å². The maximum Gasteiger partial charge on any atom is 0.225 e. The molecular weight excluding hydrogens is 390 g/mol. The lowest BCUT2D eigenvalue weighted by Gasteiger charge is -2.06. The average molecular weight is 408 g/mol. The van der Waals surface area contributed by atoms with Crippen LogP contribution in [0.2, 0.25) is 0 Å². The van der Waals surface area contributed by atoms with Gasteiger partial charge < -0.3 is 5.32 Å². The Hall–Kier alpha value is -1.92. The van der Waals surface area contributed by atoms with Gasteiger partial charge in [0.2, 0.25) is 5.91 Å². The Balaban J connectivity index is 1.91. The predicted molar refractivity (Wildman–Crippen MR) is 101 cm³/mol. The average Bonchev–Trinajstić information content (AvgIpc) is 2.55. The fourth-order valence-corrected chi connectivity index (χ4v) is 3.29. The molecule has 2 aromatic carbocycles. The predicted octanol–water partition coefficient (Wildman–Crippen LogP) is 4.17. The van der Waals surface area contributed by atoms with Crippen LogP contribution in [0.15, 0.2) is 58.4 Å². The van der Waals surface area contributed by atoms with Crippen molar-refractivity contribution in [1.29, 1.82) is 0 Å². The smallest absolute Gasteiger partial charge is 0.225 e. The van der Waals surface area contributed by atoms with Gasteiger partial charge in [0, 0.05) is 16.3 Å². The number of carbonyl (C=O) groups is 1. The molecule has 2 rings (SSSR count). The molecule has 0 aromatic heterocycles. The summed E-state index contributed by atoms with van der Waals surface area (Å²) in [6.07, 6.45) is 1.45. The minimum Gasteiger partial charge on any atom is -0.325 e. The lowest BCUT2D eigenvalue weighted by atomic mass is 10.2. The molecule has 0 aliphatic heterocycles. The van der Waals surface area contributed by atoms with Crippen LogP contribution in [0, 0.1) is 6.92 Å². The molecule has 0 bridgehead atoms. The molecule has 0 aliphatic carbocycles. The molecule has 6 heteroatoms. The summed E-state index contributed by atoms with van der Waals surface area (Å²) in [6, 6.07) is 14.7. The third-order valence-electron chi connectivity index (χ3n) is 3.31. The maximum absolute atomic E-state index is 12.0. The van der Waals surface area contributed by atoms with Crippen LogP contribution in [0.3, 0.4) is 0 Å². The largest absolute Gasteiger partial charge is 0.325 e. The van der Waals surface area contributed by atoms with E-state index in [9.17, 15) is 13.2 Å². The zero-order valence-electron chi connectivity index (χ0n) is 13.2. The standard InChI is InChI=1S/C18H18BrNO3S/c1-14-6-8-15(9-7-14)10-12-24(22,23)13-11-18(21)20-17-5-3-2-4-16(17)19/h2-10,12H,11,13H2,1H3,(H,20,21)/b12-10+. The first-order valence-electron chi connectivity index (χ1n) is 7.38. The van der Waals surface area contributed by atoms with Crippen molar-refractivity contribution >= 4 is 43.4 Å². The van der Waals surface area contributed by atoms with Gasteiger partial charge in [0.15, 0.2) is 9.84 Å². The first kappa shape index (κ1) is 18.4. The second-order valence-electron chi connectivity index (χ2n) is 5.36. The Labute approximate surface area is 150 Å². The van der Waals surface area contributed by atoms with E-state index in [2.05, 4.69) is 21.2 Å². The topological polar surface area (TPSA) is 63.2 Å². The van der Waals surface area contributed by atoms with Gasteiger partial charge in [-0.05, 0) is 46.6 Å². The van der Waals surface area contributed by atoms with E-state index in [1.807, 2.05) is 37.3 Å². The molecule has 24 heavy (non-hydrogen) atoms. The molecule has 0 radical (unpaired) electrons. The third kappa shape index (κ3) is 5.94. The van der Waals surface area contributed by atoms with Crippen molar-refractivity contribution in [2.75, 3.05) is 11.1 Å². The molecule has 0 fully saturated rings. The van der Waals surface area contributed by atoms with Crippen molar-refractivity contribution < 1.29 is 13.2 Å². The highest BCUT2D eigenvalue weighted by atomic mass is 79.9. The Bertz CT molecular complexity index is 843. The van der Waals surface area contributed by atoms with Crippen molar-refractivity contribution in [2.45, 2.75) is 13.3 Å². The molecule has 126 valence electrons. The molecule has 1 amide bonds. The van der Waals surface area contributed by atoms with E-state index in [1.54, 1.807) is 24.3 Å². The second kappa shape index (κ2) is 8.26. The van der Waals surface area contributed by atoms with E-state index in [0.717, 1.165) is 21.0 Å². The number of rotatable bonds is 6. The van der Waals surface area contributed by atoms with Crippen molar-refractivity contribution in [3.05, 3.63) is 69.5 Å². The van der Waals surface area contributed by atoms with Crippen LogP contribution in [0.5, 0.6) is 0 Å². The van der Waals surface area contributed by atoms with Gasteiger partial charge >= 0.3 is 0 Å². The number of anilines is 1. The first-order chi connectivity index (χ1) is 11.4. The SMILES string of the molecule is Cc1ccc(/C=C/S(=O)(=O)CCC(=O)Nc2ccccc2Br)cc1. The minimum absolute atomic E-state index is 0.0953. The number of carbonyl (C=O) groups excluding carboxylic acids is 1. The maximum atomic E-state index is 12.0. The Kier molecular flexibility index (Phi) is 6.34. The molecule has 0 unspecified atom stereocenters. The number of benzene rings is 2. The zero-order chi connectivity index (χ0) is 17.6. The number of para-hydroxylation sites is 1. The zero-order valence-corrected chi connectivity index (χ0v) is 15.6. The summed E-state index contributed by atoms with van der Waals surface area (Å²) in [5.41, 5.74) is 2.54. The number of aryl methyl sites for hydroxylation is 1. The van der Waals surface area contributed by atoms with E-state index < -0.39 is 9.84 Å². The number of hydrogen-bond acceptors (Lipinski definition) is 3. The van der Waals surface area contributed by atoms with Gasteiger partial charge in [-0.3, -0.25) is 4.79 Å². The van der Waals surface area contributed by atoms with Gasteiger partial charge in [-0.1, -0.05) is 42.0 Å². The highest BCUT2D eigenvalue weighted by molar-refractivity contribution is 9.10. The molecule has 0 atom stereocenters. The highest BCUT2D eigenvalue weighted by Gasteiger charge is 2.11. The van der Waals surface area contributed by atoms with Crippen molar-refractivity contribution in [3.8, 4) is 0 Å². The summed E-state index contributed by atoms with van der Waals surface area (Å²) in [5, 5.41) is 3.84. The molecule has 0 saturated heterocycles. The summed E-state index contributed by atoms with van der Waals surface area (Å²) >= 11 is 3.33. The second-order valence-corrected chi connectivity index (χ2v) is 8.22. The summed E-state index contributed by atoms with van der Waals surface area (Å²) in [7, 11) is -3.44. The van der Waals surface area contributed by atoms with Gasteiger partial charge in [-0.25, -0.2) is 8.42 Å². The fourth-order valence-electron chi connectivity index (χ4n) is 1.94. The normalized spacial score (nSPS) is 11.6. The third-order valence-corrected chi connectivity index (χ3v) is 5.32. The Morgan fingerprint density at radius 1 is 1.12 bits per heavy atom. The molecule has 0 saturated carbocycles. The monoisotopic (exact) mass is 407 g/mol. The van der Waals surface area contributed by atoms with Crippen LogP contribution in [0.1, 0.15) is 17.5 Å². The van der Waals surface area contributed by atoms with Crippen LogP contribution in [-0.4, -0.2) is 20.1 Å². The van der Waals surface area contributed by atoms with Crippen molar-refractivity contribution in [1.82, 2.24) is 0 Å². The van der Waals surface area contributed by atoms with Gasteiger partial charge in [0.05, 0.1) is 11.4 Å². The molecule has 1 N–H and O–H groups in total. The lowest BCUT2D eigenvalue weighted by molar-refractivity contribution is -0.115. The van der Waals surface area contributed by atoms with Crippen LogP contribution in [-0.2, 0) is 14.6 Å². The number of hydrogen-bond donors (Lipinski definition) is 1. The number of amides is 1. The molecule has 0 heterocycles. The fraction of sp³-hybridized carbons (Fsp3) is 0.167. The van der Waals surface area contributed by atoms with Crippen molar-refractivity contribution in [3.63, 3.8) is 0 Å². The number of halogens is 1. The first-order valence-corrected chi connectivity index (χ1v) is 9.88. The van der Waals surface area contributed by atoms with Crippen LogP contribution < -0.4 is 5.32 Å². The van der Waals surface area contributed by atoms with Crippen molar-refractivity contribution in [2.24, 2.45) is 0 Å². The van der Waals surface area contributed by atoms with E-state index in [1.165, 1.54) is 0 Å². The van der Waals surface area contributed by atoms with E-state index in [-0.39, 0.29) is 18.1 Å². The van der Waals surface area contributed by atoms with Gasteiger partial charge in [-0.15, -0.1) is 0 Å². The molecule has 4 nitrogen and oxygen atoms in total. The summed E-state index contributed by atoms with van der Waals surface area (Å²) in [5.74, 6) is -0.569. The quantitative estimate of drug-likeness (QED) is 0.781. The van der Waals surface area contributed by atoms with Crippen LogP contribution >= 0.6 is 15.9 Å². The molecule has 0 aliphatic rings. The Morgan fingerprint density at radius 3 is 2.46 bits per heavy atom. The molecular formula is C18H18BrNO3S. The van der Waals surface area contributed by atoms with E-state index >= 15 is 0 Å². The highest BCUT2D eigenvalue weighted by Crippen LogP contribution is 2.21. The number of sulfone groups is 1. The van der Waals surface area contributed by atoms with Gasteiger partial charge in [0.25, 0.3) is 0 Å². The Morgan fingerprint density at radius 2 is 1.79 bits per heavy atom. The number of nitrogens with one attached hydrogen (secondary N) is 1. The van der Waals surface area contributed by atoms with Gasteiger partial charge in [-0.2, -0.15) is 0 Å².